The summed E-state index contributed by atoms with van der Waals surface area (Å²) in [7, 11) is 0. The number of hydrogen-bond donors (Lipinski definition) is 0. The second kappa shape index (κ2) is 5.06. The maximum absolute atomic E-state index is 12.8. The molecule has 0 bridgehead atoms. The minimum absolute atomic E-state index is 0.206. The number of hydrogen-bond acceptors (Lipinski definition) is 2. The molecule has 0 spiro atoms. The Kier molecular flexibility index (Phi) is 3.53. The third-order valence-electron chi connectivity index (χ3n) is 4.19. The number of alkyl halides is 1. The van der Waals surface area contributed by atoms with Gasteiger partial charge in [0, 0.05) is 24.5 Å². The van der Waals surface area contributed by atoms with Gasteiger partial charge >= 0.3 is 0 Å². The Morgan fingerprint density at radius 2 is 1.90 bits per heavy atom. The summed E-state index contributed by atoms with van der Waals surface area (Å²) in [6, 6.07) is 9.01. The minimum atomic E-state index is -0.366. The largest absolute Gasteiger partial charge is 0.365 e. The average Bonchev–Trinajstić information content (AvgIpc) is 3.30. The molecule has 1 saturated carbocycles. The van der Waals surface area contributed by atoms with E-state index in [0.29, 0.717) is 11.4 Å². The molecule has 3 rings (SSSR count). The van der Waals surface area contributed by atoms with Crippen LogP contribution in [0.2, 0.25) is 0 Å². The van der Waals surface area contributed by atoms with Gasteiger partial charge in [0.15, 0.2) is 0 Å². The van der Waals surface area contributed by atoms with Gasteiger partial charge in [0.1, 0.15) is 0 Å². The first-order valence-corrected chi connectivity index (χ1v) is 8.40. The predicted octanol–water partition coefficient (Wildman–Crippen LogP) is 3.42. The topological polar surface area (TPSA) is 23.6 Å². The van der Waals surface area contributed by atoms with Gasteiger partial charge in [-0.1, -0.05) is 41.9 Å². The Bertz CT molecular complexity index is 525. The summed E-state index contributed by atoms with van der Waals surface area (Å²) in [6.07, 6.45) is 2.57. The highest BCUT2D eigenvalue weighted by Crippen LogP contribution is 2.41. The van der Waals surface area contributed by atoms with Gasteiger partial charge in [-0.25, -0.2) is 0 Å². The lowest BCUT2D eigenvalue weighted by Gasteiger charge is -2.40. The van der Waals surface area contributed by atoms with E-state index in [1.165, 1.54) is 18.5 Å². The lowest BCUT2D eigenvalue weighted by molar-refractivity contribution is -0.125. The maximum atomic E-state index is 12.8. The van der Waals surface area contributed by atoms with E-state index >= 15 is 0 Å². The molecule has 1 aliphatic heterocycles. The van der Waals surface area contributed by atoms with E-state index in [9.17, 15) is 4.79 Å². The van der Waals surface area contributed by atoms with Crippen LogP contribution < -0.4 is 9.80 Å². The van der Waals surface area contributed by atoms with Crippen LogP contribution in [0.25, 0.3) is 0 Å². The van der Waals surface area contributed by atoms with Crippen LogP contribution in [-0.4, -0.2) is 30.4 Å². The van der Waals surface area contributed by atoms with Gasteiger partial charge in [-0.3, -0.25) is 4.79 Å². The van der Waals surface area contributed by atoms with E-state index in [1.807, 2.05) is 24.8 Å². The Hall–Kier alpha value is -1.03. The summed E-state index contributed by atoms with van der Waals surface area (Å²) in [5, 5.41) is 0.684. The van der Waals surface area contributed by atoms with E-state index in [4.69, 9.17) is 0 Å². The van der Waals surface area contributed by atoms with Crippen molar-refractivity contribution in [1.29, 1.82) is 0 Å². The highest BCUT2D eigenvalue weighted by Gasteiger charge is 2.38. The van der Waals surface area contributed by atoms with Crippen LogP contribution in [0, 0.1) is 5.41 Å². The second-order valence-electron chi connectivity index (χ2n) is 6.39. The van der Waals surface area contributed by atoms with Crippen LogP contribution >= 0.6 is 15.9 Å². The summed E-state index contributed by atoms with van der Waals surface area (Å²) in [5.74, 6) is 0.206. The van der Waals surface area contributed by atoms with Crippen LogP contribution in [-0.2, 0) is 4.79 Å². The Morgan fingerprint density at radius 1 is 1.25 bits per heavy atom. The molecule has 3 nitrogen and oxygen atoms in total. The first-order chi connectivity index (χ1) is 9.54. The number of rotatable bonds is 3. The fourth-order valence-corrected chi connectivity index (χ4v) is 3.02. The molecule has 1 amide bonds. The fourth-order valence-electron chi connectivity index (χ4n) is 2.78. The second-order valence-corrected chi connectivity index (χ2v) is 6.95. The first-order valence-electron chi connectivity index (χ1n) is 7.28. The molecule has 0 radical (unpaired) electrons. The van der Waals surface area contributed by atoms with Crippen molar-refractivity contribution >= 4 is 33.2 Å². The molecule has 1 heterocycles. The number of halogens is 1. The maximum Gasteiger partial charge on any atom is 0.233 e. The Labute approximate surface area is 129 Å². The molecule has 1 fully saturated rings. The van der Waals surface area contributed by atoms with Crippen molar-refractivity contribution in [3.63, 3.8) is 0 Å². The lowest BCUT2D eigenvalue weighted by Crippen LogP contribution is -2.49. The van der Waals surface area contributed by atoms with Crippen molar-refractivity contribution in [3.8, 4) is 0 Å². The third kappa shape index (κ3) is 2.34. The predicted molar refractivity (Wildman–Crippen MR) is 86.7 cm³/mol. The number of anilines is 2. The molecule has 1 aliphatic carbocycles. The van der Waals surface area contributed by atoms with E-state index in [0.717, 1.165) is 18.8 Å². The van der Waals surface area contributed by atoms with Gasteiger partial charge in [-0.2, -0.15) is 0 Å². The summed E-state index contributed by atoms with van der Waals surface area (Å²) in [5.41, 5.74) is 1.93. The van der Waals surface area contributed by atoms with Crippen molar-refractivity contribution in [2.24, 2.45) is 5.41 Å². The molecule has 0 aromatic heterocycles. The van der Waals surface area contributed by atoms with Crippen molar-refractivity contribution in [2.45, 2.75) is 32.7 Å². The van der Waals surface area contributed by atoms with Crippen molar-refractivity contribution in [2.75, 3.05) is 28.2 Å². The van der Waals surface area contributed by atoms with E-state index in [-0.39, 0.29) is 11.3 Å². The smallest absolute Gasteiger partial charge is 0.233 e. The molecule has 1 aromatic rings. The van der Waals surface area contributed by atoms with E-state index in [1.54, 1.807) is 0 Å². The van der Waals surface area contributed by atoms with Gasteiger partial charge in [0.25, 0.3) is 0 Å². The quantitative estimate of drug-likeness (QED) is 0.789. The molecule has 0 N–H and O–H groups in total. The standard InChI is InChI=1S/C16H21BrN2O/c1-16(2,11-17)15(20)19-10-9-18(12-7-8-12)13-5-3-4-6-14(13)19/h3-6,12H,7-11H2,1-2H3. The molecule has 0 saturated heterocycles. The number of carbonyl (C=O) groups excluding carboxylic acids is 1. The van der Waals surface area contributed by atoms with Crippen LogP contribution in [0.3, 0.4) is 0 Å². The highest BCUT2D eigenvalue weighted by molar-refractivity contribution is 9.09. The molecule has 2 aliphatic rings. The van der Waals surface area contributed by atoms with Crippen LogP contribution in [0.4, 0.5) is 11.4 Å². The lowest BCUT2D eigenvalue weighted by atomic mass is 9.93. The van der Waals surface area contributed by atoms with Crippen LogP contribution in [0.5, 0.6) is 0 Å². The normalized spacial score (nSPS) is 18.9. The molecule has 20 heavy (non-hydrogen) atoms. The van der Waals surface area contributed by atoms with E-state index < -0.39 is 0 Å². The molecule has 108 valence electrons. The Morgan fingerprint density at radius 3 is 2.50 bits per heavy atom. The zero-order chi connectivity index (χ0) is 14.3. The molecule has 4 heteroatoms. The van der Waals surface area contributed by atoms with Gasteiger partial charge in [0.2, 0.25) is 5.91 Å². The first kappa shape index (κ1) is 13.9. The monoisotopic (exact) mass is 336 g/mol. The minimum Gasteiger partial charge on any atom is -0.365 e. The third-order valence-corrected chi connectivity index (χ3v) is 5.59. The van der Waals surface area contributed by atoms with Crippen molar-refractivity contribution < 1.29 is 4.79 Å². The summed E-state index contributed by atoms with van der Waals surface area (Å²) < 4.78 is 0. The number of carbonyl (C=O) groups is 1. The summed E-state index contributed by atoms with van der Waals surface area (Å²) in [4.78, 5) is 17.2. The SMILES string of the molecule is CC(C)(CBr)C(=O)N1CCN(C2CC2)c2ccccc21. The van der Waals surface area contributed by atoms with Gasteiger partial charge in [-0.05, 0) is 25.0 Å². The average molecular weight is 337 g/mol. The number of fused-ring (bicyclic) bond motifs is 1. The molecular weight excluding hydrogens is 316 g/mol. The molecule has 0 unspecified atom stereocenters. The van der Waals surface area contributed by atoms with Crippen LogP contribution in [0.1, 0.15) is 26.7 Å². The van der Waals surface area contributed by atoms with Gasteiger partial charge < -0.3 is 9.80 Å². The molecule has 1 aromatic carbocycles. The Balaban J connectivity index is 1.94. The van der Waals surface area contributed by atoms with Gasteiger partial charge in [0.05, 0.1) is 16.8 Å². The van der Waals surface area contributed by atoms with Crippen LogP contribution in [0.15, 0.2) is 24.3 Å². The number of amides is 1. The molecular formula is C16H21BrN2O. The summed E-state index contributed by atoms with van der Waals surface area (Å²) >= 11 is 3.47. The van der Waals surface area contributed by atoms with Crippen molar-refractivity contribution in [3.05, 3.63) is 24.3 Å². The fraction of sp³-hybridized carbons (Fsp3) is 0.562. The molecule has 0 atom stereocenters. The summed E-state index contributed by atoms with van der Waals surface area (Å²) in [6.45, 7) is 5.74. The number of benzene rings is 1. The number of nitrogens with zero attached hydrogens (tertiary/aromatic N) is 2. The van der Waals surface area contributed by atoms with Crippen molar-refractivity contribution in [1.82, 2.24) is 0 Å². The zero-order valence-electron chi connectivity index (χ0n) is 12.1. The highest BCUT2D eigenvalue weighted by atomic mass is 79.9. The zero-order valence-corrected chi connectivity index (χ0v) is 13.7. The van der Waals surface area contributed by atoms with E-state index in [2.05, 4.69) is 39.0 Å². The van der Waals surface area contributed by atoms with Gasteiger partial charge in [-0.15, -0.1) is 0 Å². The number of para-hydroxylation sites is 2.